The van der Waals surface area contributed by atoms with Crippen LogP contribution in [0.15, 0.2) is 24.3 Å². The van der Waals surface area contributed by atoms with E-state index in [2.05, 4.69) is 5.32 Å². The maximum Gasteiger partial charge on any atom is 0.342 e. The monoisotopic (exact) mass is 435 g/mol. The number of benzene rings is 2. The first-order valence-corrected chi connectivity index (χ1v) is 8.99. The summed E-state index contributed by atoms with van der Waals surface area (Å²) in [6.07, 6.45) is 0. The van der Waals surface area contributed by atoms with Crippen LogP contribution in [-0.2, 0) is 9.53 Å². The molecule has 0 heterocycles. The van der Waals surface area contributed by atoms with Crippen molar-refractivity contribution in [2.75, 3.05) is 54.6 Å². The van der Waals surface area contributed by atoms with Crippen molar-refractivity contribution in [3.63, 3.8) is 0 Å². The number of esters is 1. The van der Waals surface area contributed by atoms with Crippen molar-refractivity contribution < 1.29 is 42.7 Å². The van der Waals surface area contributed by atoms with E-state index in [1.54, 1.807) is 12.1 Å². The molecule has 0 saturated carbocycles. The SMILES string of the molecule is COc1cc(OC)c(C(=O)OCC(=O)Nc2cc(OC)c(OC)c(OC)c2)cc1OC. The van der Waals surface area contributed by atoms with Crippen LogP contribution >= 0.6 is 0 Å². The number of rotatable bonds is 10. The molecule has 0 atom stereocenters. The number of nitrogens with one attached hydrogen (secondary N) is 1. The molecule has 0 fully saturated rings. The number of carbonyl (C=O) groups is 2. The van der Waals surface area contributed by atoms with Gasteiger partial charge in [-0.2, -0.15) is 0 Å². The largest absolute Gasteiger partial charge is 0.496 e. The highest BCUT2D eigenvalue weighted by molar-refractivity contribution is 5.97. The molecule has 10 nitrogen and oxygen atoms in total. The van der Waals surface area contributed by atoms with Crippen LogP contribution in [0.3, 0.4) is 0 Å². The molecule has 0 unspecified atom stereocenters. The lowest BCUT2D eigenvalue weighted by atomic mass is 10.1. The van der Waals surface area contributed by atoms with Crippen LogP contribution in [0.25, 0.3) is 0 Å². The predicted molar refractivity (Wildman–Crippen MR) is 111 cm³/mol. The first-order chi connectivity index (χ1) is 14.9. The second-order valence-electron chi connectivity index (χ2n) is 5.95. The number of hydrogen-bond acceptors (Lipinski definition) is 9. The predicted octanol–water partition coefficient (Wildman–Crippen LogP) is 2.53. The lowest BCUT2D eigenvalue weighted by molar-refractivity contribution is -0.119. The van der Waals surface area contributed by atoms with E-state index in [4.69, 9.17) is 33.2 Å². The zero-order valence-corrected chi connectivity index (χ0v) is 18.2. The van der Waals surface area contributed by atoms with Crippen molar-refractivity contribution in [3.05, 3.63) is 29.8 Å². The maximum atomic E-state index is 12.5. The highest BCUT2D eigenvalue weighted by Gasteiger charge is 2.20. The minimum absolute atomic E-state index is 0.0840. The van der Waals surface area contributed by atoms with Crippen LogP contribution < -0.4 is 33.7 Å². The van der Waals surface area contributed by atoms with E-state index in [9.17, 15) is 9.59 Å². The molecule has 0 saturated heterocycles. The molecule has 0 aromatic heterocycles. The normalized spacial score (nSPS) is 10.0. The standard InChI is InChI=1S/C21H25NO9/c1-25-14-10-16(27-3)15(26-2)9-13(14)21(24)31-11-19(23)22-12-7-17(28-4)20(30-6)18(8-12)29-5/h7-10H,11H2,1-6H3,(H,22,23). The van der Waals surface area contributed by atoms with Gasteiger partial charge in [0.1, 0.15) is 11.3 Å². The fourth-order valence-electron chi connectivity index (χ4n) is 2.75. The van der Waals surface area contributed by atoms with Crippen molar-refractivity contribution in [1.82, 2.24) is 0 Å². The Kier molecular flexibility index (Phi) is 8.18. The van der Waals surface area contributed by atoms with Crippen molar-refractivity contribution in [3.8, 4) is 34.5 Å². The minimum atomic E-state index is -0.766. The molecule has 2 rings (SSSR count). The van der Waals surface area contributed by atoms with Crippen LogP contribution in [0.5, 0.6) is 34.5 Å². The summed E-state index contributed by atoms with van der Waals surface area (Å²) >= 11 is 0. The summed E-state index contributed by atoms with van der Waals surface area (Å²) < 4.78 is 36.4. The van der Waals surface area contributed by atoms with Crippen LogP contribution in [0.1, 0.15) is 10.4 Å². The van der Waals surface area contributed by atoms with Crippen molar-refractivity contribution >= 4 is 17.6 Å². The van der Waals surface area contributed by atoms with E-state index >= 15 is 0 Å². The Hall–Kier alpha value is -3.82. The van der Waals surface area contributed by atoms with Gasteiger partial charge >= 0.3 is 5.97 Å². The van der Waals surface area contributed by atoms with E-state index in [0.717, 1.165) is 0 Å². The fraction of sp³-hybridized carbons (Fsp3) is 0.333. The molecular formula is C21H25NO9. The van der Waals surface area contributed by atoms with E-state index in [1.165, 1.54) is 54.8 Å². The summed E-state index contributed by atoms with van der Waals surface area (Å²) in [6, 6.07) is 6.01. The summed E-state index contributed by atoms with van der Waals surface area (Å²) in [7, 11) is 8.69. The topological polar surface area (TPSA) is 111 Å². The first-order valence-electron chi connectivity index (χ1n) is 8.99. The Balaban J connectivity index is 2.12. The summed E-state index contributed by atoms with van der Waals surface area (Å²) in [5.74, 6) is 0.698. The summed E-state index contributed by atoms with van der Waals surface area (Å²) in [4.78, 5) is 24.8. The molecule has 0 aliphatic rings. The van der Waals surface area contributed by atoms with Crippen LogP contribution in [0.4, 0.5) is 5.69 Å². The Morgan fingerprint density at radius 1 is 0.677 bits per heavy atom. The molecule has 10 heteroatoms. The van der Waals surface area contributed by atoms with Gasteiger partial charge in [0.05, 0.1) is 42.7 Å². The van der Waals surface area contributed by atoms with Gasteiger partial charge in [-0.3, -0.25) is 4.79 Å². The van der Waals surface area contributed by atoms with Gasteiger partial charge in [0, 0.05) is 30.0 Å². The lowest BCUT2D eigenvalue weighted by Gasteiger charge is -2.15. The fourth-order valence-corrected chi connectivity index (χ4v) is 2.75. The summed E-state index contributed by atoms with van der Waals surface area (Å²) in [6.45, 7) is -0.535. The van der Waals surface area contributed by atoms with Crippen molar-refractivity contribution in [1.29, 1.82) is 0 Å². The molecule has 2 aromatic rings. The Labute approximate surface area is 179 Å². The second-order valence-corrected chi connectivity index (χ2v) is 5.95. The number of amides is 1. The number of methoxy groups -OCH3 is 6. The third-order valence-corrected chi connectivity index (χ3v) is 4.21. The molecule has 1 amide bonds. The third kappa shape index (κ3) is 5.41. The summed E-state index contributed by atoms with van der Waals surface area (Å²) in [5, 5.41) is 2.61. The minimum Gasteiger partial charge on any atom is -0.496 e. The van der Waals surface area contributed by atoms with Gasteiger partial charge in [0.25, 0.3) is 5.91 Å². The van der Waals surface area contributed by atoms with Gasteiger partial charge in [0.15, 0.2) is 29.6 Å². The Bertz CT molecular complexity index is 918. The van der Waals surface area contributed by atoms with Gasteiger partial charge in [-0.15, -0.1) is 0 Å². The van der Waals surface area contributed by atoms with E-state index < -0.39 is 18.5 Å². The molecule has 0 aliphatic carbocycles. The highest BCUT2D eigenvalue weighted by atomic mass is 16.5. The third-order valence-electron chi connectivity index (χ3n) is 4.21. The van der Waals surface area contributed by atoms with Crippen LogP contribution in [0, 0.1) is 0 Å². The van der Waals surface area contributed by atoms with Crippen molar-refractivity contribution in [2.24, 2.45) is 0 Å². The number of carbonyl (C=O) groups excluding carboxylic acids is 2. The molecular weight excluding hydrogens is 410 g/mol. The average molecular weight is 435 g/mol. The van der Waals surface area contributed by atoms with E-state index in [-0.39, 0.29) is 11.3 Å². The van der Waals surface area contributed by atoms with Gasteiger partial charge in [-0.1, -0.05) is 0 Å². The molecule has 0 aliphatic heterocycles. The first kappa shape index (κ1) is 23.5. The molecule has 0 bridgehead atoms. The smallest absolute Gasteiger partial charge is 0.342 e. The molecule has 1 N–H and O–H groups in total. The van der Waals surface area contributed by atoms with Gasteiger partial charge < -0.3 is 38.5 Å². The number of anilines is 1. The zero-order valence-electron chi connectivity index (χ0n) is 18.2. The average Bonchev–Trinajstić information content (AvgIpc) is 2.80. The number of ether oxygens (including phenoxy) is 7. The van der Waals surface area contributed by atoms with Gasteiger partial charge in [-0.05, 0) is 0 Å². The molecule has 168 valence electrons. The Morgan fingerprint density at radius 2 is 1.19 bits per heavy atom. The summed E-state index contributed by atoms with van der Waals surface area (Å²) in [5.41, 5.74) is 0.458. The van der Waals surface area contributed by atoms with Gasteiger partial charge in [-0.25, -0.2) is 4.79 Å². The van der Waals surface area contributed by atoms with E-state index in [1.807, 2.05) is 0 Å². The lowest BCUT2D eigenvalue weighted by Crippen LogP contribution is -2.21. The highest BCUT2D eigenvalue weighted by Crippen LogP contribution is 2.40. The second kappa shape index (κ2) is 10.8. The van der Waals surface area contributed by atoms with Gasteiger partial charge in [0.2, 0.25) is 5.75 Å². The van der Waals surface area contributed by atoms with Crippen molar-refractivity contribution in [2.45, 2.75) is 0 Å². The maximum absolute atomic E-state index is 12.5. The van der Waals surface area contributed by atoms with Crippen LogP contribution in [0.2, 0.25) is 0 Å². The molecule has 0 radical (unpaired) electrons. The molecule has 2 aromatic carbocycles. The Morgan fingerprint density at radius 3 is 1.68 bits per heavy atom. The number of hydrogen-bond donors (Lipinski definition) is 1. The molecule has 0 spiro atoms. The zero-order chi connectivity index (χ0) is 23.0. The van der Waals surface area contributed by atoms with E-state index in [0.29, 0.717) is 34.4 Å². The quantitative estimate of drug-likeness (QED) is 0.563. The van der Waals surface area contributed by atoms with Crippen LogP contribution in [-0.4, -0.2) is 61.1 Å². The molecule has 31 heavy (non-hydrogen) atoms.